The van der Waals surface area contributed by atoms with E-state index in [-0.39, 0.29) is 24.3 Å². The van der Waals surface area contributed by atoms with Gasteiger partial charge in [-0.1, -0.05) is 57.2 Å². The topological polar surface area (TPSA) is 64.3 Å². The van der Waals surface area contributed by atoms with Crippen molar-refractivity contribution in [1.82, 2.24) is 0 Å². The van der Waals surface area contributed by atoms with Crippen molar-refractivity contribution in [2.75, 3.05) is 11.9 Å². The zero-order chi connectivity index (χ0) is 17.6. The molecule has 2 aromatic carbocycles. The van der Waals surface area contributed by atoms with Crippen LogP contribution in [-0.2, 0) is 16.8 Å². The van der Waals surface area contributed by atoms with E-state index in [2.05, 4.69) is 50.4 Å². The predicted molar refractivity (Wildman–Crippen MR) is 98.2 cm³/mol. The summed E-state index contributed by atoms with van der Waals surface area (Å²) in [5.74, 6) is 0.365. The van der Waals surface area contributed by atoms with Crippen molar-refractivity contribution in [3.63, 3.8) is 0 Å². The number of carbonyl (C=O) groups excluding carboxylic acids is 1. The van der Waals surface area contributed by atoms with Crippen LogP contribution in [0.15, 0.2) is 48.5 Å². The van der Waals surface area contributed by atoms with Crippen molar-refractivity contribution in [3.8, 4) is 5.75 Å². The molecule has 128 valence electrons. The first-order chi connectivity index (χ1) is 11.4. The molecular weight excluding hydrogens is 300 g/mol. The van der Waals surface area contributed by atoms with Crippen LogP contribution in [0.5, 0.6) is 5.75 Å². The van der Waals surface area contributed by atoms with Crippen LogP contribution in [0, 0.1) is 0 Å². The Morgan fingerprint density at radius 1 is 1.08 bits per heavy atom. The highest BCUT2D eigenvalue weighted by Gasteiger charge is 2.12. The first-order valence-electron chi connectivity index (χ1n) is 8.19. The number of carbonyl (C=O) groups is 1. The van der Waals surface area contributed by atoms with E-state index in [0.717, 1.165) is 11.4 Å². The van der Waals surface area contributed by atoms with Crippen molar-refractivity contribution in [2.24, 2.45) is 5.73 Å². The molecule has 0 atom stereocenters. The number of primary amides is 1. The maximum absolute atomic E-state index is 10.8. The van der Waals surface area contributed by atoms with Crippen molar-refractivity contribution < 1.29 is 9.53 Å². The molecule has 0 fully saturated rings. The third-order valence-corrected chi connectivity index (χ3v) is 3.80. The lowest BCUT2D eigenvalue weighted by molar-refractivity contribution is -0.118. The highest BCUT2D eigenvalue weighted by atomic mass is 16.5. The molecule has 4 nitrogen and oxygen atoms in total. The largest absolute Gasteiger partial charge is 0.491 e. The molecule has 0 spiro atoms. The minimum absolute atomic E-state index is 0.160. The van der Waals surface area contributed by atoms with Crippen LogP contribution in [0.1, 0.15) is 38.3 Å². The van der Waals surface area contributed by atoms with E-state index in [1.165, 1.54) is 11.1 Å². The second-order valence-electron chi connectivity index (χ2n) is 6.86. The molecule has 2 rings (SSSR count). The number of amides is 1. The van der Waals surface area contributed by atoms with Crippen molar-refractivity contribution in [2.45, 2.75) is 39.2 Å². The number of rotatable bonds is 7. The predicted octanol–water partition coefficient (Wildman–Crippen LogP) is 3.85. The maximum Gasteiger partial charge on any atom is 0.220 e. The van der Waals surface area contributed by atoms with Crippen molar-refractivity contribution >= 4 is 11.6 Å². The van der Waals surface area contributed by atoms with Gasteiger partial charge in [0.05, 0.1) is 18.7 Å². The summed E-state index contributed by atoms with van der Waals surface area (Å²) in [5.41, 5.74) is 8.73. The highest BCUT2D eigenvalue weighted by Crippen LogP contribution is 2.25. The molecule has 0 aliphatic heterocycles. The average Bonchev–Trinajstić information content (AvgIpc) is 2.53. The third kappa shape index (κ3) is 5.30. The molecule has 1 amide bonds. The Kier molecular flexibility index (Phi) is 5.85. The van der Waals surface area contributed by atoms with Crippen molar-refractivity contribution in [1.29, 1.82) is 0 Å². The van der Waals surface area contributed by atoms with Crippen LogP contribution in [-0.4, -0.2) is 12.5 Å². The average molecular weight is 326 g/mol. The summed E-state index contributed by atoms with van der Waals surface area (Å²) in [5, 5.41) is 3.38. The molecule has 0 bridgehead atoms. The third-order valence-electron chi connectivity index (χ3n) is 3.80. The van der Waals surface area contributed by atoms with Gasteiger partial charge in [-0.25, -0.2) is 0 Å². The Morgan fingerprint density at radius 3 is 2.38 bits per heavy atom. The van der Waals surface area contributed by atoms with Gasteiger partial charge in [0.15, 0.2) is 0 Å². The van der Waals surface area contributed by atoms with Crippen LogP contribution in [0.25, 0.3) is 0 Å². The van der Waals surface area contributed by atoms with Gasteiger partial charge < -0.3 is 15.8 Å². The van der Waals surface area contributed by atoms with Crippen LogP contribution in [0.4, 0.5) is 5.69 Å². The normalized spacial score (nSPS) is 11.1. The Balaban J connectivity index is 1.97. The molecule has 0 unspecified atom stereocenters. The fourth-order valence-corrected chi connectivity index (χ4v) is 2.32. The van der Waals surface area contributed by atoms with Gasteiger partial charge in [0.2, 0.25) is 5.91 Å². The van der Waals surface area contributed by atoms with E-state index in [4.69, 9.17) is 10.5 Å². The second-order valence-corrected chi connectivity index (χ2v) is 6.86. The molecule has 4 heteroatoms. The number of hydrogen-bond acceptors (Lipinski definition) is 3. The van der Waals surface area contributed by atoms with E-state index in [9.17, 15) is 4.79 Å². The Labute approximate surface area is 144 Å². The van der Waals surface area contributed by atoms with E-state index < -0.39 is 0 Å². The molecule has 0 saturated heterocycles. The Hall–Kier alpha value is -2.49. The molecule has 0 aliphatic rings. The summed E-state index contributed by atoms with van der Waals surface area (Å²) in [6.07, 6.45) is 0.211. The summed E-state index contributed by atoms with van der Waals surface area (Å²) in [6, 6.07) is 16.3. The number of nitrogens with two attached hydrogens (primary N) is 1. The molecule has 2 aromatic rings. The summed E-state index contributed by atoms with van der Waals surface area (Å²) >= 11 is 0. The number of hydrogen-bond donors (Lipinski definition) is 2. The first-order valence-corrected chi connectivity index (χ1v) is 8.19. The standard InChI is InChI=1S/C20H26N2O2/c1-20(2,3)16-10-8-15(9-11-16)14-22-17-6-4-5-7-18(17)24-13-12-19(21)23/h4-11,22H,12-14H2,1-3H3,(H2,21,23). The van der Waals surface area contributed by atoms with E-state index in [0.29, 0.717) is 6.54 Å². The van der Waals surface area contributed by atoms with E-state index in [1.54, 1.807) is 0 Å². The zero-order valence-corrected chi connectivity index (χ0v) is 14.6. The van der Waals surface area contributed by atoms with Gasteiger partial charge in [-0.15, -0.1) is 0 Å². The molecule has 3 N–H and O–H groups in total. The smallest absolute Gasteiger partial charge is 0.220 e. The molecule has 0 radical (unpaired) electrons. The number of para-hydroxylation sites is 2. The maximum atomic E-state index is 10.8. The lowest BCUT2D eigenvalue weighted by Gasteiger charge is -2.19. The second kappa shape index (κ2) is 7.86. The quantitative estimate of drug-likeness (QED) is 0.812. The molecule has 0 heterocycles. The minimum atomic E-state index is -0.362. The van der Waals surface area contributed by atoms with Gasteiger partial charge in [-0.3, -0.25) is 4.79 Å². The van der Waals surface area contributed by atoms with Crippen molar-refractivity contribution in [3.05, 3.63) is 59.7 Å². The molecule has 0 aliphatic carbocycles. The Morgan fingerprint density at radius 2 is 1.75 bits per heavy atom. The number of ether oxygens (including phenoxy) is 1. The van der Waals surface area contributed by atoms with E-state index >= 15 is 0 Å². The summed E-state index contributed by atoms with van der Waals surface area (Å²) in [7, 11) is 0. The minimum Gasteiger partial charge on any atom is -0.491 e. The van der Waals surface area contributed by atoms with Crippen LogP contribution < -0.4 is 15.8 Å². The van der Waals surface area contributed by atoms with Gasteiger partial charge in [0.25, 0.3) is 0 Å². The zero-order valence-electron chi connectivity index (χ0n) is 14.6. The SMILES string of the molecule is CC(C)(C)c1ccc(CNc2ccccc2OCCC(N)=O)cc1. The molecular formula is C20H26N2O2. The molecule has 0 saturated carbocycles. The summed E-state index contributed by atoms with van der Waals surface area (Å²) in [6.45, 7) is 7.62. The number of nitrogens with one attached hydrogen (secondary N) is 1. The van der Waals surface area contributed by atoms with Gasteiger partial charge >= 0.3 is 0 Å². The van der Waals surface area contributed by atoms with Gasteiger partial charge in [-0.05, 0) is 28.7 Å². The number of benzene rings is 2. The van der Waals surface area contributed by atoms with E-state index in [1.807, 2.05) is 24.3 Å². The van der Waals surface area contributed by atoms with Crippen LogP contribution >= 0.6 is 0 Å². The summed E-state index contributed by atoms with van der Waals surface area (Å²) < 4.78 is 5.64. The first kappa shape index (κ1) is 17.9. The monoisotopic (exact) mass is 326 g/mol. The molecule has 0 aromatic heterocycles. The lowest BCUT2D eigenvalue weighted by Crippen LogP contribution is -2.15. The molecule has 24 heavy (non-hydrogen) atoms. The summed E-state index contributed by atoms with van der Waals surface area (Å²) in [4.78, 5) is 10.8. The van der Waals surface area contributed by atoms with Gasteiger partial charge in [0.1, 0.15) is 5.75 Å². The van der Waals surface area contributed by atoms with Crippen LogP contribution in [0.2, 0.25) is 0 Å². The van der Waals surface area contributed by atoms with Crippen LogP contribution in [0.3, 0.4) is 0 Å². The lowest BCUT2D eigenvalue weighted by atomic mass is 9.87. The fourth-order valence-electron chi connectivity index (χ4n) is 2.32. The Bertz CT molecular complexity index is 673. The van der Waals surface area contributed by atoms with Gasteiger partial charge in [-0.2, -0.15) is 0 Å². The van der Waals surface area contributed by atoms with Gasteiger partial charge in [0, 0.05) is 6.54 Å². The number of anilines is 1. The highest BCUT2D eigenvalue weighted by molar-refractivity contribution is 5.73. The fraction of sp³-hybridized carbons (Fsp3) is 0.350.